The molecule has 6 nitrogen and oxygen atoms in total. The number of methoxy groups -OCH3 is 1. The van der Waals surface area contributed by atoms with Crippen molar-refractivity contribution in [2.24, 2.45) is 0 Å². The van der Waals surface area contributed by atoms with E-state index >= 15 is 0 Å². The number of aryl methyl sites for hydroxylation is 1. The van der Waals surface area contributed by atoms with E-state index in [4.69, 9.17) is 9.72 Å². The van der Waals surface area contributed by atoms with Crippen LogP contribution in [0.4, 0.5) is 11.6 Å². The molecule has 1 saturated heterocycles. The number of hydrogen-bond donors (Lipinski definition) is 0. The number of ether oxygens (including phenoxy) is 1. The van der Waals surface area contributed by atoms with Gasteiger partial charge in [-0.05, 0) is 43.3 Å². The third-order valence-electron chi connectivity index (χ3n) is 4.57. The molecule has 0 atom stereocenters. The van der Waals surface area contributed by atoms with Crippen LogP contribution in [0, 0.1) is 6.92 Å². The second-order valence-electron chi connectivity index (χ2n) is 6.16. The molecule has 0 radical (unpaired) electrons. The van der Waals surface area contributed by atoms with Crippen molar-refractivity contribution in [3.05, 3.63) is 48.4 Å². The van der Waals surface area contributed by atoms with Crippen LogP contribution >= 0.6 is 0 Å². The molecule has 3 aromatic rings. The first-order valence-corrected chi connectivity index (χ1v) is 8.47. The Labute approximate surface area is 147 Å². The molecule has 0 unspecified atom stereocenters. The zero-order chi connectivity index (χ0) is 17.2. The maximum Gasteiger partial charge on any atom is 0.132 e. The number of fused-ring (bicyclic) bond motifs is 1. The van der Waals surface area contributed by atoms with Crippen LogP contribution in [-0.2, 0) is 0 Å². The highest BCUT2D eigenvalue weighted by Crippen LogP contribution is 2.23. The number of rotatable bonds is 3. The predicted molar refractivity (Wildman–Crippen MR) is 99.5 cm³/mol. The maximum absolute atomic E-state index is 5.28. The molecule has 0 amide bonds. The average Bonchev–Trinajstić information content (AvgIpc) is 2.67. The van der Waals surface area contributed by atoms with E-state index < -0.39 is 0 Å². The molecule has 0 N–H and O–H groups in total. The zero-order valence-electron chi connectivity index (χ0n) is 14.5. The number of piperazine rings is 1. The van der Waals surface area contributed by atoms with Crippen molar-refractivity contribution in [3.8, 4) is 5.75 Å². The Morgan fingerprint density at radius 1 is 0.880 bits per heavy atom. The highest BCUT2D eigenvalue weighted by atomic mass is 16.5. The van der Waals surface area contributed by atoms with Crippen LogP contribution in [0.15, 0.2) is 42.6 Å². The van der Waals surface area contributed by atoms with Crippen LogP contribution in [-0.4, -0.2) is 48.2 Å². The van der Waals surface area contributed by atoms with Gasteiger partial charge in [0, 0.05) is 37.8 Å². The lowest BCUT2D eigenvalue weighted by molar-refractivity contribution is 0.415. The summed E-state index contributed by atoms with van der Waals surface area (Å²) in [5.41, 5.74) is 0.993. The highest BCUT2D eigenvalue weighted by molar-refractivity contribution is 5.81. The Morgan fingerprint density at radius 2 is 1.60 bits per heavy atom. The Hall–Kier alpha value is -2.89. The fraction of sp³-hybridized carbons (Fsp3) is 0.316. The number of hydrogen-bond acceptors (Lipinski definition) is 6. The van der Waals surface area contributed by atoms with Gasteiger partial charge in [0.05, 0.1) is 12.6 Å². The summed E-state index contributed by atoms with van der Waals surface area (Å²) in [7, 11) is 1.68. The molecule has 1 aliphatic heterocycles. The van der Waals surface area contributed by atoms with Crippen LogP contribution in [0.2, 0.25) is 0 Å². The lowest BCUT2D eigenvalue weighted by atomic mass is 10.2. The van der Waals surface area contributed by atoms with Gasteiger partial charge in [0.15, 0.2) is 0 Å². The SMILES string of the molecule is COc1ccc2nc(N3CCN(c4ccnc(C)n4)CC3)ccc2c1. The summed E-state index contributed by atoms with van der Waals surface area (Å²) >= 11 is 0. The van der Waals surface area contributed by atoms with Crippen molar-refractivity contribution in [1.29, 1.82) is 0 Å². The molecule has 3 heterocycles. The second-order valence-corrected chi connectivity index (χ2v) is 6.16. The van der Waals surface area contributed by atoms with Crippen LogP contribution < -0.4 is 14.5 Å². The van der Waals surface area contributed by atoms with Crippen LogP contribution in [0.3, 0.4) is 0 Å². The molecule has 25 heavy (non-hydrogen) atoms. The smallest absolute Gasteiger partial charge is 0.132 e. The number of nitrogens with zero attached hydrogens (tertiary/aromatic N) is 5. The molecule has 1 aromatic carbocycles. The summed E-state index contributed by atoms with van der Waals surface area (Å²) in [6.45, 7) is 5.64. The third-order valence-corrected chi connectivity index (χ3v) is 4.57. The number of aromatic nitrogens is 3. The first-order chi connectivity index (χ1) is 12.2. The largest absolute Gasteiger partial charge is 0.497 e. The molecule has 1 aliphatic rings. The lowest BCUT2D eigenvalue weighted by Gasteiger charge is -2.36. The predicted octanol–water partition coefficient (Wildman–Crippen LogP) is 2.67. The molecule has 4 rings (SSSR count). The van der Waals surface area contributed by atoms with Crippen molar-refractivity contribution < 1.29 is 4.74 Å². The van der Waals surface area contributed by atoms with Gasteiger partial charge in [-0.1, -0.05) is 0 Å². The van der Waals surface area contributed by atoms with Gasteiger partial charge in [-0.3, -0.25) is 0 Å². The van der Waals surface area contributed by atoms with Gasteiger partial charge < -0.3 is 14.5 Å². The van der Waals surface area contributed by atoms with Crippen molar-refractivity contribution in [2.75, 3.05) is 43.1 Å². The van der Waals surface area contributed by atoms with Gasteiger partial charge in [-0.25, -0.2) is 15.0 Å². The normalized spacial score (nSPS) is 14.8. The minimum atomic E-state index is 0.812. The van der Waals surface area contributed by atoms with E-state index in [1.807, 2.05) is 37.4 Å². The topological polar surface area (TPSA) is 54.4 Å². The van der Waals surface area contributed by atoms with Crippen molar-refractivity contribution in [2.45, 2.75) is 6.92 Å². The summed E-state index contributed by atoms with van der Waals surface area (Å²) in [6, 6.07) is 12.2. The molecule has 128 valence electrons. The Morgan fingerprint density at radius 3 is 2.28 bits per heavy atom. The van der Waals surface area contributed by atoms with Crippen LogP contribution in [0.1, 0.15) is 5.82 Å². The molecule has 6 heteroatoms. The van der Waals surface area contributed by atoms with E-state index in [1.54, 1.807) is 7.11 Å². The fourth-order valence-electron chi connectivity index (χ4n) is 3.18. The average molecular weight is 335 g/mol. The van der Waals surface area contributed by atoms with E-state index in [9.17, 15) is 0 Å². The number of benzene rings is 1. The van der Waals surface area contributed by atoms with Crippen LogP contribution in [0.5, 0.6) is 5.75 Å². The summed E-state index contributed by atoms with van der Waals surface area (Å²) in [5.74, 6) is 3.70. The Balaban J connectivity index is 1.49. The number of pyridine rings is 1. The van der Waals surface area contributed by atoms with E-state index in [2.05, 4.69) is 31.9 Å². The van der Waals surface area contributed by atoms with Crippen molar-refractivity contribution in [1.82, 2.24) is 15.0 Å². The molecular weight excluding hydrogens is 314 g/mol. The first kappa shape index (κ1) is 15.6. The second kappa shape index (κ2) is 6.55. The molecule has 0 bridgehead atoms. The third kappa shape index (κ3) is 3.20. The minimum Gasteiger partial charge on any atom is -0.497 e. The summed E-state index contributed by atoms with van der Waals surface area (Å²) in [5, 5.41) is 1.10. The van der Waals surface area contributed by atoms with Gasteiger partial charge in [0.1, 0.15) is 23.2 Å². The summed E-state index contributed by atoms with van der Waals surface area (Å²) < 4.78 is 5.28. The highest BCUT2D eigenvalue weighted by Gasteiger charge is 2.19. The lowest BCUT2D eigenvalue weighted by Crippen LogP contribution is -2.47. The maximum atomic E-state index is 5.28. The number of anilines is 2. The minimum absolute atomic E-state index is 0.812. The van der Waals surface area contributed by atoms with Gasteiger partial charge in [0.25, 0.3) is 0 Å². The monoisotopic (exact) mass is 335 g/mol. The quantitative estimate of drug-likeness (QED) is 0.733. The van der Waals surface area contributed by atoms with E-state index in [0.717, 1.165) is 60.3 Å². The molecule has 1 fully saturated rings. The summed E-state index contributed by atoms with van der Waals surface area (Å²) in [4.78, 5) is 18.1. The standard InChI is InChI=1S/C19H21N5O/c1-14-20-8-7-19(21-14)24-11-9-23(10-12-24)18-6-3-15-13-16(25-2)4-5-17(15)22-18/h3-8,13H,9-12H2,1-2H3. The molecule has 0 saturated carbocycles. The molecular formula is C19H21N5O. The van der Waals surface area contributed by atoms with E-state index in [1.165, 1.54) is 0 Å². The molecule has 0 aliphatic carbocycles. The fourth-order valence-corrected chi connectivity index (χ4v) is 3.18. The summed E-state index contributed by atoms with van der Waals surface area (Å²) in [6.07, 6.45) is 1.82. The van der Waals surface area contributed by atoms with Gasteiger partial charge >= 0.3 is 0 Å². The Bertz CT molecular complexity index is 890. The van der Waals surface area contributed by atoms with Gasteiger partial charge in [-0.2, -0.15) is 0 Å². The van der Waals surface area contributed by atoms with E-state index in [0.29, 0.717) is 0 Å². The van der Waals surface area contributed by atoms with Gasteiger partial charge in [0.2, 0.25) is 0 Å². The zero-order valence-corrected chi connectivity index (χ0v) is 14.5. The molecule has 2 aromatic heterocycles. The van der Waals surface area contributed by atoms with E-state index in [-0.39, 0.29) is 0 Å². The van der Waals surface area contributed by atoms with Crippen molar-refractivity contribution >= 4 is 22.5 Å². The van der Waals surface area contributed by atoms with Gasteiger partial charge in [-0.15, -0.1) is 0 Å². The van der Waals surface area contributed by atoms with Crippen molar-refractivity contribution in [3.63, 3.8) is 0 Å². The first-order valence-electron chi connectivity index (χ1n) is 8.47. The van der Waals surface area contributed by atoms with Crippen LogP contribution in [0.25, 0.3) is 10.9 Å². The molecule has 0 spiro atoms. The Kier molecular flexibility index (Phi) is 4.09.